The number of fused-ring (bicyclic) bond motifs is 1. The number of benzene rings is 1. The van der Waals surface area contributed by atoms with E-state index in [1.165, 1.54) is 12.8 Å². The van der Waals surface area contributed by atoms with Crippen molar-refractivity contribution in [3.05, 3.63) is 47.4 Å². The Kier molecular flexibility index (Phi) is 3.49. The minimum atomic E-state index is 0.432. The molecule has 0 unspecified atom stereocenters. The summed E-state index contributed by atoms with van der Waals surface area (Å²) in [5, 5.41) is 14.4. The maximum Gasteiger partial charge on any atom is 0.307 e. The van der Waals surface area contributed by atoms with Crippen LogP contribution in [0.4, 0.5) is 23.3 Å². The normalized spacial score (nSPS) is 13.9. The minimum Gasteiger partial charge on any atom is -0.320 e. The fourth-order valence-corrected chi connectivity index (χ4v) is 3.02. The Morgan fingerprint density at radius 3 is 2.88 bits per heavy atom. The van der Waals surface area contributed by atoms with Gasteiger partial charge in [0.1, 0.15) is 0 Å². The molecule has 130 valence electrons. The summed E-state index contributed by atoms with van der Waals surface area (Å²) in [5.74, 6) is 2.39. The Hall–Kier alpha value is -3.13. The number of imidazole rings is 1. The molecule has 3 heterocycles. The number of anilines is 4. The van der Waals surface area contributed by atoms with Crippen LogP contribution in [-0.2, 0) is 0 Å². The van der Waals surface area contributed by atoms with E-state index in [-0.39, 0.29) is 0 Å². The van der Waals surface area contributed by atoms with E-state index in [9.17, 15) is 0 Å². The molecule has 8 nitrogen and oxygen atoms in total. The van der Waals surface area contributed by atoms with Crippen molar-refractivity contribution >= 4 is 46.0 Å². The van der Waals surface area contributed by atoms with Gasteiger partial charge in [0.25, 0.3) is 0 Å². The van der Waals surface area contributed by atoms with Gasteiger partial charge in [0.2, 0.25) is 5.52 Å². The zero-order chi connectivity index (χ0) is 17.5. The first kappa shape index (κ1) is 15.2. The van der Waals surface area contributed by atoms with Crippen LogP contribution in [0.25, 0.3) is 11.2 Å². The summed E-state index contributed by atoms with van der Waals surface area (Å²) in [4.78, 5) is 15.2. The highest BCUT2D eigenvalue weighted by atomic mass is 35.5. The van der Waals surface area contributed by atoms with Gasteiger partial charge in [-0.25, -0.2) is 4.98 Å². The molecule has 0 amide bonds. The van der Waals surface area contributed by atoms with E-state index in [0.29, 0.717) is 28.4 Å². The maximum atomic E-state index is 6.22. The predicted octanol–water partition coefficient (Wildman–Crippen LogP) is 3.51. The highest BCUT2D eigenvalue weighted by Gasteiger charge is 2.26. The van der Waals surface area contributed by atoms with Crippen molar-refractivity contribution in [1.82, 2.24) is 25.1 Å². The summed E-state index contributed by atoms with van der Waals surface area (Å²) in [6.45, 7) is 0. The molecule has 4 aromatic rings. The van der Waals surface area contributed by atoms with Crippen LogP contribution in [0, 0.1) is 0 Å². The number of H-pyrrole nitrogens is 3. The highest BCUT2D eigenvalue weighted by Crippen LogP contribution is 2.39. The van der Waals surface area contributed by atoms with Crippen LogP contribution in [0.1, 0.15) is 24.5 Å². The predicted molar refractivity (Wildman–Crippen MR) is 99.0 cm³/mol. The van der Waals surface area contributed by atoms with Crippen LogP contribution in [0.5, 0.6) is 0 Å². The van der Waals surface area contributed by atoms with Gasteiger partial charge >= 0.3 is 11.6 Å². The van der Waals surface area contributed by atoms with Crippen LogP contribution in [0.15, 0.2) is 36.7 Å². The molecule has 3 aromatic heterocycles. The second-order valence-corrected chi connectivity index (χ2v) is 6.67. The number of halogens is 1. The minimum absolute atomic E-state index is 0.432. The standard InChI is InChI=1S/C17H15ClN8/c18-10-3-1-2-4-11(10)21-17-23-15-14(19-8-20-15)16(24-17)22-13-7-12(25-26-13)9-5-6-9/h1-4,7-9H,5-6H2,(H4,19,20,21,22,23,24,25,26)/p+1. The lowest BCUT2D eigenvalue weighted by atomic mass is 10.3. The molecular weight excluding hydrogens is 352 g/mol. The van der Waals surface area contributed by atoms with Gasteiger partial charge in [-0.1, -0.05) is 28.7 Å². The monoisotopic (exact) mass is 367 g/mol. The molecule has 0 aliphatic heterocycles. The van der Waals surface area contributed by atoms with Gasteiger partial charge < -0.3 is 10.6 Å². The van der Waals surface area contributed by atoms with Crippen molar-refractivity contribution in [2.75, 3.05) is 10.6 Å². The molecule has 1 fully saturated rings. The number of para-hydroxylation sites is 1. The van der Waals surface area contributed by atoms with E-state index in [1.54, 1.807) is 6.33 Å². The first-order valence-electron chi connectivity index (χ1n) is 8.37. The van der Waals surface area contributed by atoms with Crippen molar-refractivity contribution in [1.29, 1.82) is 0 Å². The van der Waals surface area contributed by atoms with Gasteiger partial charge in [-0.05, 0) is 25.0 Å². The van der Waals surface area contributed by atoms with Crippen LogP contribution >= 0.6 is 11.6 Å². The smallest absolute Gasteiger partial charge is 0.307 e. The van der Waals surface area contributed by atoms with Gasteiger partial charge in [0.15, 0.2) is 18.0 Å². The molecule has 1 saturated carbocycles. The largest absolute Gasteiger partial charge is 0.320 e. The number of nitrogens with one attached hydrogen (secondary N) is 5. The third kappa shape index (κ3) is 2.84. The van der Waals surface area contributed by atoms with Gasteiger partial charge in [0.05, 0.1) is 10.7 Å². The van der Waals surface area contributed by atoms with Crippen molar-refractivity contribution < 1.29 is 4.98 Å². The van der Waals surface area contributed by atoms with E-state index in [0.717, 1.165) is 22.7 Å². The van der Waals surface area contributed by atoms with Gasteiger partial charge in [0, 0.05) is 17.7 Å². The van der Waals surface area contributed by atoms with Crippen LogP contribution in [0.3, 0.4) is 0 Å². The third-order valence-electron chi connectivity index (χ3n) is 4.32. The molecule has 1 aliphatic carbocycles. The first-order chi connectivity index (χ1) is 12.8. The van der Waals surface area contributed by atoms with Gasteiger partial charge in [-0.2, -0.15) is 10.1 Å². The van der Waals surface area contributed by atoms with Crippen molar-refractivity contribution in [3.8, 4) is 0 Å². The fourth-order valence-electron chi connectivity index (χ4n) is 2.83. The summed E-state index contributed by atoms with van der Waals surface area (Å²) >= 11 is 6.22. The Labute approximate surface area is 153 Å². The lowest BCUT2D eigenvalue weighted by Gasteiger charge is -2.06. The third-order valence-corrected chi connectivity index (χ3v) is 4.65. The Bertz CT molecular complexity index is 1080. The molecule has 0 radical (unpaired) electrons. The summed E-state index contributed by atoms with van der Waals surface area (Å²) in [6, 6.07) is 9.49. The van der Waals surface area contributed by atoms with E-state index in [2.05, 4.69) is 40.8 Å². The van der Waals surface area contributed by atoms with Crippen LogP contribution < -0.4 is 15.6 Å². The molecule has 1 aromatic carbocycles. The molecule has 0 bridgehead atoms. The van der Waals surface area contributed by atoms with Crippen LogP contribution in [-0.4, -0.2) is 25.1 Å². The molecule has 26 heavy (non-hydrogen) atoms. The SMILES string of the molecule is Clc1ccccc1Nc1nc(Nc2cc(C3CC3)[nH]n2)c2[nH]c[nH+]c2n1. The van der Waals surface area contributed by atoms with E-state index in [1.807, 2.05) is 30.3 Å². The number of rotatable bonds is 5. The number of aromatic amines is 3. The average Bonchev–Trinajstić information content (AvgIpc) is 3.19. The fraction of sp³-hybridized carbons (Fsp3) is 0.176. The van der Waals surface area contributed by atoms with Gasteiger partial charge in [-0.15, -0.1) is 0 Å². The van der Waals surface area contributed by atoms with Crippen molar-refractivity contribution in [2.45, 2.75) is 18.8 Å². The summed E-state index contributed by atoms with van der Waals surface area (Å²) in [5.41, 5.74) is 3.34. The zero-order valence-electron chi connectivity index (χ0n) is 13.7. The molecule has 0 saturated heterocycles. The second kappa shape index (κ2) is 5.99. The summed E-state index contributed by atoms with van der Waals surface area (Å²) < 4.78 is 0. The molecule has 9 heteroatoms. The van der Waals surface area contributed by atoms with E-state index < -0.39 is 0 Å². The average molecular weight is 368 g/mol. The molecular formula is C17H16ClN8+. The summed E-state index contributed by atoms with van der Waals surface area (Å²) in [6.07, 6.45) is 4.15. The van der Waals surface area contributed by atoms with Gasteiger partial charge in [-0.3, -0.25) is 10.1 Å². The number of aromatic nitrogens is 6. The zero-order valence-corrected chi connectivity index (χ0v) is 14.4. The Morgan fingerprint density at radius 1 is 1.15 bits per heavy atom. The van der Waals surface area contributed by atoms with Crippen molar-refractivity contribution in [2.24, 2.45) is 0 Å². The molecule has 0 atom stereocenters. The number of hydrogen-bond acceptors (Lipinski definition) is 5. The molecule has 1 aliphatic rings. The molecule has 5 rings (SSSR count). The molecule has 5 N–H and O–H groups in total. The second-order valence-electron chi connectivity index (χ2n) is 6.27. The highest BCUT2D eigenvalue weighted by molar-refractivity contribution is 6.33. The quantitative estimate of drug-likeness (QED) is 0.431. The van der Waals surface area contributed by atoms with Crippen LogP contribution in [0.2, 0.25) is 5.02 Å². The number of hydrogen-bond donors (Lipinski definition) is 4. The van der Waals surface area contributed by atoms with E-state index >= 15 is 0 Å². The Balaban J connectivity index is 1.49. The number of nitrogens with zero attached hydrogens (tertiary/aromatic N) is 3. The maximum absolute atomic E-state index is 6.22. The molecule has 0 spiro atoms. The first-order valence-corrected chi connectivity index (χ1v) is 8.75. The summed E-state index contributed by atoms with van der Waals surface area (Å²) in [7, 11) is 0. The van der Waals surface area contributed by atoms with Crippen molar-refractivity contribution in [3.63, 3.8) is 0 Å². The topological polar surface area (TPSA) is 108 Å². The van der Waals surface area contributed by atoms with E-state index in [4.69, 9.17) is 11.6 Å². The Morgan fingerprint density at radius 2 is 2.04 bits per heavy atom. The lowest BCUT2D eigenvalue weighted by molar-refractivity contribution is -0.347. The lowest BCUT2D eigenvalue weighted by Crippen LogP contribution is -2.06.